The molecule has 4 nitrogen and oxygen atoms in total. The molecule has 0 amide bonds. The Bertz CT molecular complexity index is 726. The smallest absolute Gasteiger partial charge is 0.194 e. The quantitative estimate of drug-likeness (QED) is 0.798. The highest BCUT2D eigenvalue weighted by molar-refractivity contribution is 7.15. The van der Waals surface area contributed by atoms with Crippen molar-refractivity contribution >= 4 is 27.7 Å². The SMILES string of the molecule is Cc1nc2sccn2c1CNc1ccccc1N(C)C. The number of nitrogens with zero attached hydrogens (tertiary/aromatic N) is 3. The monoisotopic (exact) mass is 286 g/mol. The molecule has 2 aromatic heterocycles. The minimum absolute atomic E-state index is 0.772. The molecule has 0 atom stereocenters. The predicted octanol–water partition coefficient (Wildman–Crippen LogP) is 3.38. The van der Waals surface area contributed by atoms with Gasteiger partial charge in [0.15, 0.2) is 4.96 Å². The van der Waals surface area contributed by atoms with Gasteiger partial charge in [0.25, 0.3) is 0 Å². The number of fused-ring (bicyclic) bond motifs is 1. The molecule has 0 fully saturated rings. The van der Waals surface area contributed by atoms with Gasteiger partial charge < -0.3 is 10.2 Å². The lowest BCUT2D eigenvalue weighted by molar-refractivity contribution is 0.991. The lowest BCUT2D eigenvalue weighted by atomic mass is 10.2. The summed E-state index contributed by atoms with van der Waals surface area (Å²) in [6.45, 7) is 2.84. The minimum atomic E-state index is 0.772. The van der Waals surface area contributed by atoms with Crippen molar-refractivity contribution in [2.24, 2.45) is 0 Å². The second-order valence-electron chi connectivity index (χ2n) is 4.96. The van der Waals surface area contributed by atoms with Crippen LogP contribution < -0.4 is 10.2 Å². The number of para-hydroxylation sites is 2. The molecule has 0 aliphatic carbocycles. The van der Waals surface area contributed by atoms with Crippen LogP contribution in [0.2, 0.25) is 0 Å². The van der Waals surface area contributed by atoms with Crippen LogP contribution in [0.4, 0.5) is 11.4 Å². The largest absolute Gasteiger partial charge is 0.378 e. The van der Waals surface area contributed by atoms with Crippen LogP contribution in [0.25, 0.3) is 4.96 Å². The van der Waals surface area contributed by atoms with Crippen molar-refractivity contribution in [3.8, 4) is 0 Å². The Morgan fingerprint density at radius 1 is 1.30 bits per heavy atom. The molecule has 0 unspecified atom stereocenters. The summed E-state index contributed by atoms with van der Waals surface area (Å²) in [6, 6.07) is 8.34. The first-order chi connectivity index (χ1) is 9.66. The third-order valence-corrected chi connectivity index (χ3v) is 4.15. The zero-order valence-corrected chi connectivity index (χ0v) is 12.7. The summed E-state index contributed by atoms with van der Waals surface area (Å²) in [5.41, 5.74) is 4.64. The number of imidazole rings is 1. The van der Waals surface area contributed by atoms with E-state index in [-0.39, 0.29) is 0 Å². The Labute approximate surface area is 122 Å². The topological polar surface area (TPSA) is 32.6 Å². The van der Waals surface area contributed by atoms with E-state index in [1.54, 1.807) is 11.3 Å². The molecule has 0 aliphatic rings. The van der Waals surface area contributed by atoms with Gasteiger partial charge in [-0.1, -0.05) is 12.1 Å². The van der Waals surface area contributed by atoms with Gasteiger partial charge >= 0.3 is 0 Å². The molecule has 0 saturated carbocycles. The second kappa shape index (κ2) is 5.17. The molecule has 1 N–H and O–H groups in total. The molecule has 3 rings (SSSR count). The van der Waals surface area contributed by atoms with E-state index in [0.29, 0.717) is 0 Å². The number of aryl methyl sites for hydroxylation is 1. The molecular formula is C15H18N4S. The van der Waals surface area contributed by atoms with E-state index in [1.807, 2.05) is 0 Å². The van der Waals surface area contributed by atoms with E-state index < -0.39 is 0 Å². The van der Waals surface area contributed by atoms with E-state index in [2.05, 4.69) is 76.5 Å². The number of anilines is 2. The van der Waals surface area contributed by atoms with Crippen LogP contribution in [-0.2, 0) is 6.54 Å². The van der Waals surface area contributed by atoms with Gasteiger partial charge in [0, 0.05) is 25.7 Å². The predicted molar refractivity (Wildman–Crippen MR) is 85.9 cm³/mol. The van der Waals surface area contributed by atoms with Gasteiger partial charge in [-0.25, -0.2) is 4.98 Å². The molecule has 5 heteroatoms. The average Bonchev–Trinajstić information content (AvgIpc) is 2.97. The van der Waals surface area contributed by atoms with Gasteiger partial charge in [-0.15, -0.1) is 11.3 Å². The number of hydrogen-bond donors (Lipinski definition) is 1. The molecule has 20 heavy (non-hydrogen) atoms. The summed E-state index contributed by atoms with van der Waals surface area (Å²) in [7, 11) is 4.11. The molecule has 0 aliphatic heterocycles. The normalized spacial score (nSPS) is 10.9. The summed E-state index contributed by atoms with van der Waals surface area (Å²) in [5.74, 6) is 0. The first-order valence-electron chi connectivity index (χ1n) is 6.58. The Hall–Kier alpha value is -2.01. The average molecular weight is 286 g/mol. The van der Waals surface area contributed by atoms with Crippen LogP contribution in [0.15, 0.2) is 35.8 Å². The van der Waals surface area contributed by atoms with E-state index in [4.69, 9.17) is 0 Å². The first-order valence-corrected chi connectivity index (χ1v) is 7.46. The molecule has 0 spiro atoms. The van der Waals surface area contributed by atoms with Gasteiger partial charge in [-0.05, 0) is 19.1 Å². The van der Waals surface area contributed by atoms with E-state index in [1.165, 1.54) is 11.4 Å². The lowest BCUT2D eigenvalue weighted by Gasteiger charge is -2.18. The molecule has 0 radical (unpaired) electrons. The summed E-state index contributed by atoms with van der Waals surface area (Å²) in [6.07, 6.45) is 2.08. The highest BCUT2D eigenvalue weighted by Gasteiger charge is 2.10. The van der Waals surface area contributed by atoms with Crippen molar-refractivity contribution < 1.29 is 0 Å². The van der Waals surface area contributed by atoms with Gasteiger partial charge in [0.1, 0.15) is 0 Å². The van der Waals surface area contributed by atoms with Crippen LogP contribution in [0.3, 0.4) is 0 Å². The molecule has 2 heterocycles. The number of nitrogens with one attached hydrogen (secondary N) is 1. The van der Waals surface area contributed by atoms with Crippen LogP contribution in [0, 0.1) is 6.92 Å². The van der Waals surface area contributed by atoms with Crippen molar-refractivity contribution in [3.05, 3.63) is 47.2 Å². The number of hydrogen-bond acceptors (Lipinski definition) is 4. The van der Waals surface area contributed by atoms with E-state index in [0.717, 1.165) is 22.9 Å². The second-order valence-corrected chi connectivity index (χ2v) is 5.84. The third-order valence-electron chi connectivity index (χ3n) is 3.39. The standard InChI is InChI=1S/C15H18N4S/c1-11-14(19-8-9-20-15(19)17-11)10-16-12-6-4-5-7-13(12)18(2)3/h4-9,16H,10H2,1-3H3. The Morgan fingerprint density at radius 3 is 2.90 bits per heavy atom. The van der Waals surface area contributed by atoms with Gasteiger partial charge in [0.2, 0.25) is 0 Å². The molecule has 3 aromatic rings. The number of benzene rings is 1. The maximum absolute atomic E-state index is 4.57. The zero-order valence-electron chi connectivity index (χ0n) is 11.9. The Kier molecular flexibility index (Phi) is 3.36. The maximum Gasteiger partial charge on any atom is 0.194 e. The van der Waals surface area contributed by atoms with Crippen molar-refractivity contribution in [3.63, 3.8) is 0 Å². The first kappa shape index (κ1) is 13.0. The van der Waals surface area contributed by atoms with Crippen molar-refractivity contribution in [1.82, 2.24) is 9.38 Å². The van der Waals surface area contributed by atoms with Crippen molar-refractivity contribution in [2.45, 2.75) is 13.5 Å². The fourth-order valence-corrected chi connectivity index (χ4v) is 3.12. The molecule has 104 valence electrons. The maximum atomic E-state index is 4.57. The van der Waals surface area contributed by atoms with E-state index >= 15 is 0 Å². The fourth-order valence-electron chi connectivity index (χ4n) is 2.35. The molecule has 0 saturated heterocycles. The zero-order chi connectivity index (χ0) is 14.1. The number of rotatable bonds is 4. The third kappa shape index (κ3) is 2.25. The molecule has 1 aromatic carbocycles. The number of aromatic nitrogens is 2. The summed E-state index contributed by atoms with van der Waals surface area (Å²) < 4.78 is 2.16. The highest BCUT2D eigenvalue weighted by Crippen LogP contribution is 2.25. The van der Waals surface area contributed by atoms with Crippen LogP contribution in [-0.4, -0.2) is 23.5 Å². The molecular weight excluding hydrogens is 268 g/mol. The highest BCUT2D eigenvalue weighted by atomic mass is 32.1. The number of thiazole rings is 1. The summed E-state index contributed by atoms with van der Waals surface area (Å²) >= 11 is 1.67. The lowest BCUT2D eigenvalue weighted by Crippen LogP contribution is -2.12. The minimum Gasteiger partial charge on any atom is -0.378 e. The summed E-state index contributed by atoms with van der Waals surface area (Å²) in [5, 5.41) is 5.59. The van der Waals surface area contributed by atoms with Crippen molar-refractivity contribution in [2.75, 3.05) is 24.3 Å². The van der Waals surface area contributed by atoms with Crippen LogP contribution in [0.1, 0.15) is 11.4 Å². The van der Waals surface area contributed by atoms with Crippen LogP contribution in [0.5, 0.6) is 0 Å². The van der Waals surface area contributed by atoms with Gasteiger partial charge in [-0.3, -0.25) is 4.40 Å². The van der Waals surface area contributed by atoms with Crippen LogP contribution >= 0.6 is 11.3 Å². The van der Waals surface area contributed by atoms with E-state index in [9.17, 15) is 0 Å². The Morgan fingerprint density at radius 2 is 2.10 bits per heavy atom. The summed E-state index contributed by atoms with van der Waals surface area (Å²) in [4.78, 5) is 7.75. The van der Waals surface area contributed by atoms with Gasteiger partial charge in [0.05, 0.1) is 29.3 Å². The Balaban J connectivity index is 1.86. The van der Waals surface area contributed by atoms with Crippen molar-refractivity contribution in [1.29, 1.82) is 0 Å². The van der Waals surface area contributed by atoms with Gasteiger partial charge in [-0.2, -0.15) is 0 Å². The molecule has 0 bridgehead atoms. The fraction of sp³-hybridized carbons (Fsp3) is 0.267.